The molecule has 0 spiro atoms. The van der Waals surface area contributed by atoms with Gasteiger partial charge in [0.15, 0.2) is 12.0 Å². The minimum absolute atomic E-state index is 0.0544. The first-order chi connectivity index (χ1) is 18.2. The minimum Gasteiger partial charge on any atom is -0.482 e. The Hall–Kier alpha value is -3.97. The Morgan fingerprint density at radius 1 is 1.24 bits per heavy atom. The summed E-state index contributed by atoms with van der Waals surface area (Å²) in [5.74, 6) is -0.781. The number of esters is 1. The molecule has 0 saturated carbocycles. The van der Waals surface area contributed by atoms with E-state index in [0.717, 1.165) is 16.3 Å². The highest BCUT2D eigenvalue weighted by Crippen LogP contribution is 2.32. The van der Waals surface area contributed by atoms with Gasteiger partial charge in [-0.3, -0.25) is 9.36 Å². The number of anilines is 1. The molecule has 200 valence electrons. The number of nitrogens with zero attached hydrogens (tertiary/aromatic N) is 3. The minimum atomic E-state index is -1.09. The fraction of sp³-hybridized carbons (Fsp3) is 0.250. The van der Waals surface area contributed by atoms with Crippen LogP contribution in [0.5, 0.6) is 5.75 Å². The highest BCUT2D eigenvalue weighted by atomic mass is 35.5. The number of thioether (sulfide) groups is 1. The van der Waals surface area contributed by atoms with E-state index >= 15 is 0 Å². The summed E-state index contributed by atoms with van der Waals surface area (Å²) in [5, 5.41) is 2.43. The van der Waals surface area contributed by atoms with E-state index in [1.165, 1.54) is 36.4 Å². The number of amides is 4. The van der Waals surface area contributed by atoms with Crippen molar-refractivity contribution < 1.29 is 33.1 Å². The Kier molecular flexibility index (Phi) is 8.27. The Bertz CT molecular complexity index is 1400. The van der Waals surface area contributed by atoms with Gasteiger partial charge in [-0.1, -0.05) is 28.2 Å². The van der Waals surface area contributed by atoms with Crippen molar-refractivity contribution in [3.63, 3.8) is 0 Å². The van der Waals surface area contributed by atoms with Crippen molar-refractivity contribution in [1.82, 2.24) is 14.6 Å². The molecule has 1 saturated heterocycles. The van der Waals surface area contributed by atoms with Crippen molar-refractivity contribution in [3.8, 4) is 5.75 Å². The molecule has 4 amide bonds. The van der Waals surface area contributed by atoms with Crippen molar-refractivity contribution in [2.75, 3.05) is 31.3 Å². The Labute approximate surface area is 225 Å². The van der Waals surface area contributed by atoms with Gasteiger partial charge in [0.05, 0.1) is 24.9 Å². The van der Waals surface area contributed by atoms with Gasteiger partial charge in [-0.25, -0.2) is 14.4 Å². The van der Waals surface area contributed by atoms with Crippen LogP contribution >= 0.6 is 23.4 Å². The first-order valence-electron chi connectivity index (χ1n) is 11.2. The van der Waals surface area contributed by atoms with Crippen LogP contribution in [-0.2, 0) is 20.9 Å². The number of methoxy groups -OCH3 is 1. The molecule has 1 unspecified atom stereocenters. The summed E-state index contributed by atoms with van der Waals surface area (Å²) < 4.78 is 25.9. The number of fused-ring (bicyclic) bond motifs is 1. The van der Waals surface area contributed by atoms with Crippen molar-refractivity contribution in [2.45, 2.75) is 11.9 Å². The number of primary amides is 1. The highest BCUT2D eigenvalue weighted by molar-refractivity contribution is 8.00. The normalized spacial score (nSPS) is 14.8. The quantitative estimate of drug-likeness (QED) is 0.331. The third-order valence-electron chi connectivity index (χ3n) is 5.65. The van der Waals surface area contributed by atoms with E-state index in [1.54, 1.807) is 24.3 Å². The first-order valence-corrected chi connectivity index (χ1v) is 12.7. The number of nitrogens with two attached hydrogens (primary N) is 1. The lowest BCUT2D eigenvalue weighted by atomic mass is 10.2. The number of carbonyl (C=O) groups is 4. The highest BCUT2D eigenvalue weighted by Gasteiger charge is 2.38. The number of urea groups is 1. The maximum Gasteiger partial charge on any atom is 0.343 e. The van der Waals surface area contributed by atoms with E-state index in [-0.39, 0.29) is 36.3 Å². The van der Waals surface area contributed by atoms with Crippen LogP contribution in [0, 0.1) is 0 Å². The average Bonchev–Trinajstić information content (AvgIpc) is 3.52. The molecule has 38 heavy (non-hydrogen) atoms. The van der Waals surface area contributed by atoms with Crippen LogP contribution < -0.4 is 15.8 Å². The molecule has 1 fully saturated rings. The van der Waals surface area contributed by atoms with Crippen LogP contribution in [0.4, 0.5) is 19.8 Å². The molecular formula is C24H23ClFN5O6S. The van der Waals surface area contributed by atoms with Crippen LogP contribution in [0.2, 0.25) is 5.02 Å². The molecule has 0 aliphatic carbocycles. The molecule has 3 N–H and O–H groups in total. The summed E-state index contributed by atoms with van der Waals surface area (Å²) in [5.41, 5.74) is 6.54. The zero-order valence-electron chi connectivity index (χ0n) is 20.1. The molecule has 11 nitrogen and oxygen atoms in total. The first kappa shape index (κ1) is 27.1. The van der Waals surface area contributed by atoms with Gasteiger partial charge in [0.1, 0.15) is 5.75 Å². The summed E-state index contributed by atoms with van der Waals surface area (Å²) >= 11 is 7.07. The van der Waals surface area contributed by atoms with E-state index in [4.69, 9.17) is 22.1 Å². The molecular weight excluding hydrogens is 541 g/mol. The number of nitrogens with one attached hydrogen (secondary N) is 1. The van der Waals surface area contributed by atoms with Gasteiger partial charge in [0, 0.05) is 28.9 Å². The number of rotatable bonds is 7. The zero-order chi connectivity index (χ0) is 27.4. The zero-order valence-corrected chi connectivity index (χ0v) is 21.6. The molecule has 1 aliphatic rings. The van der Waals surface area contributed by atoms with Gasteiger partial charge in [0.25, 0.3) is 5.91 Å². The SMILES string of the molecule is COC(=O)COc1ccc2c(c1)c(NC(=O)N1CCSC1C(=O)N(F)Cc1cccc(Cl)c1)cn2C(N)=O. The summed E-state index contributed by atoms with van der Waals surface area (Å²) in [6.07, 6.45) is 1.33. The summed E-state index contributed by atoms with van der Waals surface area (Å²) in [6.45, 7) is -0.476. The van der Waals surface area contributed by atoms with E-state index in [9.17, 15) is 23.7 Å². The van der Waals surface area contributed by atoms with Crippen LogP contribution in [-0.4, -0.2) is 69.9 Å². The van der Waals surface area contributed by atoms with Gasteiger partial charge in [-0.15, -0.1) is 11.8 Å². The number of benzene rings is 2. The predicted molar refractivity (Wildman–Crippen MR) is 140 cm³/mol. The Balaban J connectivity index is 1.52. The average molecular weight is 564 g/mol. The van der Waals surface area contributed by atoms with E-state index in [1.807, 2.05) is 0 Å². The van der Waals surface area contributed by atoms with E-state index in [0.29, 0.717) is 27.2 Å². The summed E-state index contributed by atoms with van der Waals surface area (Å²) in [7, 11) is 1.23. The lowest BCUT2D eigenvalue weighted by Crippen LogP contribution is -2.45. The van der Waals surface area contributed by atoms with Crippen molar-refractivity contribution in [2.24, 2.45) is 5.73 Å². The van der Waals surface area contributed by atoms with Crippen LogP contribution in [0.3, 0.4) is 0 Å². The molecule has 1 atom stereocenters. The maximum absolute atomic E-state index is 14.8. The van der Waals surface area contributed by atoms with E-state index in [2.05, 4.69) is 10.1 Å². The maximum atomic E-state index is 14.8. The Morgan fingerprint density at radius 3 is 2.74 bits per heavy atom. The fourth-order valence-electron chi connectivity index (χ4n) is 3.84. The fourth-order valence-corrected chi connectivity index (χ4v) is 5.22. The third kappa shape index (κ3) is 5.94. The molecule has 14 heteroatoms. The molecule has 1 aliphatic heterocycles. The molecule has 0 radical (unpaired) electrons. The van der Waals surface area contributed by atoms with Gasteiger partial charge in [-0.05, 0) is 35.9 Å². The number of carbonyl (C=O) groups excluding carboxylic acids is 4. The van der Waals surface area contributed by atoms with Gasteiger partial charge in [0.2, 0.25) is 0 Å². The number of ether oxygens (including phenoxy) is 2. The Morgan fingerprint density at radius 2 is 2.03 bits per heavy atom. The molecule has 2 heterocycles. The van der Waals surface area contributed by atoms with Gasteiger partial charge >= 0.3 is 18.0 Å². The standard InChI is InChI=1S/C24H23ClFN5O6S/c1-36-20(32)13-37-16-5-6-19-17(10-16)18(12-30(19)23(27)34)28-24(35)29-7-8-38-22(29)21(33)31(26)11-14-3-2-4-15(25)9-14/h2-6,9-10,12,22H,7-8,11,13H2,1H3,(H2,27,34)(H,28,35). The largest absolute Gasteiger partial charge is 0.482 e. The van der Waals surface area contributed by atoms with Crippen LogP contribution in [0.1, 0.15) is 5.56 Å². The van der Waals surface area contributed by atoms with Gasteiger partial charge < -0.3 is 25.4 Å². The predicted octanol–water partition coefficient (Wildman–Crippen LogP) is 3.59. The van der Waals surface area contributed by atoms with Crippen LogP contribution in [0.25, 0.3) is 10.9 Å². The second kappa shape index (κ2) is 11.6. The summed E-state index contributed by atoms with van der Waals surface area (Å²) in [4.78, 5) is 50.6. The van der Waals surface area contributed by atoms with Crippen molar-refractivity contribution in [3.05, 3.63) is 59.2 Å². The van der Waals surface area contributed by atoms with Gasteiger partial charge in [-0.2, -0.15) is 5.12 Å². The molecule has 2 aromatic carbocycles. The van der Waals surface area contributed by atoms with E-state index < -0.39 is 29.3 Å². The number of aromatic nitrogens is 1. The molecule has 4 rings (SSSR count). The smallest absolute Gasteiger partial charge is 0.343 e. The number of hydrogen-bond donors (Lipinski definition) is 2. The monoisotopic (exact) mass is 563 g/mol. The third-order valence-corrected chi connectivity index (χ3v) is 7.08. The number of halogens is 2. The molecule has 3 aromatic rings. The van der Waals surface area contributed by atoms with Crippen molar-refractivity contribution in [1.29, 1.82) is 0 Å². The second-order valence-corrected chi connectivity index (χ2v) is 9.75. The lowest BCUT2D eigenvalue weighted by molar-refractivity contribution is -0.149. The number of hydrogen-bond acceptors (Lipinski definition) is 7. The summed E-state index contributed by atoms with van der Waals surface area (Å²) in [6, 6.07) is 9.58. The van der Waals surface area contributed by atoms with Crippen LogP contribution in [0.15, 0.2) is 48.7 Å². The van der Waals surface area contributed by atoms with Crippen molar-refractivity contribution >= 4 is 63.9 Å². The molecule has 1 aromatic heterocycles. The second-order valence-electron chi connectivity index (χ2n) is 8.13. The lowest BCUT2D eigenvalue weighted by Gasteiger charge is -2.25. The molecule has 0 bridgehead atoms. The topological polar surface area (TPSA) is 136 Å².